The van der Waals surface area contributed by atoms with E-state index in [1.807, 2.05) is 42.6 Å². The normalized spacial score (nSPS) is 20.0. The van der Waals surface area contributed by atoms with Crippen LogP contribution < -0.4 is 10.1 Å². The number of ether oxygens (including phenoxy) is 1. The highest BCUT2D eigenvalue weighted by molar-refractivity contribution is 5.80. The Hall–Kier alpha value is -2.73. The van der Waals surface area contributed by atoms with E-state index < -0.39 is 0 Å². The van der Waals surface area contributed by atoms with Gasteiger partial charge in [0.25, 0.3) is 0 Å². The van der Waals surface area contributed by atoms with E-state index in [4.69, 9.17) is 4.74 Å². The van der Waals surface area contributed by atoms with Crippen molar-refractivity contribution in [2.75, 3.05) is 5.32 Å². The molecule has 6 nitrogen and oxygen atoms in total. The number of hydrogen-bond donors (Lipinski definition) is 2. The van der Waals surface area contributed by atoms with Gasteiger partial charge in [0.2, 0.25) is 5.95 Å². The van der Waals surface area contributed by atoms with Gasteiger partial charge in [0.05, 0.1) is 17.3 Å². The third kappa shape index (κ3) is 4.08. The van der Waals surface area contributed by atoms with Gasteiger partial charge in [-0.15, -0.1) is 0 Å². The zero-order valence-corrected chi connectivity index (χ0v) is 14.5. The Balaban J connectivity index is 1.46. The third-order valence-corrected chi connectivity index (χ3v) is 4.70. The van der Waals surface area contributed by atoms with Gasteiger partial charge in [-0.25, -0.2) is 9.97 Å². The second kappa shape index (κ2) is 7.66. The molecule has 4 rings (SSSR count). The Bertz CT molecular complexity index is 864. The molecule has 3 aromatic rings. The molecule has 0 radical (unpaired) electrons. The van der Waals surface area contributed by atoms with Crippen molar-refractivity contribution in [1.82, 2.24) is 15.0 Å². The van der Waals surface area contributed by atoms with Crippen molar-refractivity contribution in [1.29, 1.82) is 0 Å². The van der Waals surface area contributed by atoms with Crippen LogP contribution in [0.25, 0.3) is 10.9 Å². The minimum atomic E-state index is -0.163. The predicted molar refractivity (Wildman–Crippen MR) is 100.0 cm³/mol. The molecule has 0 bridgehead atoms. The van der Waals surface area contributed by atoms with Crippen LogP contribution in [0, 0.1) is 0 Å². The van der Waals surface area contributed by atoms with E-state index >= 15 is 0 Å². The topological polar surface area (TPSA) is 80.2 Å². The van der Waals surface area contributed by atoms with E-state index in [-0.39, 0.29) is 6.10 Å². The van der Waals surface area contributed by atoms with Crippen molar-refractivity contribution in [2.24, 2.45) is 0 Å². The van der Waals surface area contributed by atoms with Crippen molar-refractivity contribution in [3.63, 3.8) is 0 Å². The number of benzene rings is 1. The fourth-order valence-corrected chi connectivity index (χ4v) is 3.21. The van der Waals surface area contributed by atoms with E-state index in [1.165, 1.54) is 0 Å². The molecule has 0 unspecified atom stereocenters. The van der Waals surface area contributed by atoms with Crippen LogP contribution in [0.5, 0.6) is 5.75 Å². The van der Waals surface area contributed by atoms with Crippen LogP contribution in [-0.2, 0) is 6.61 Å². The zero-order valence-electron chi connectivity index (χ0n) is 14.5. The fraction of sp³-hybridized carbons (Fsp3) is 0.350. The van der Waals surface area contributed by atoms with Crippen LogP contribution in [0.1, 0.15) is 31.4 Å². The minimum absolute atomic E-state index is 0.163. The van der Waals surface area contributed by atoms with Crippen LogP contribution in [0.3, 0.4) is 0 Å². The second-order valence-corrected chi connectivity index (χ2v) is 6.67. The number of anilines is 1. The lowest BCUT2D eigenvalue weighted by Gasteiger charge is -2.26. The largest absolute Gasteiger partial charge is 0.487 e. The third-order valence-electron chi connectivity index (χ3n) is 4.70. The fourth-order valence-electron chi connectivity index (χ4n) is 3.21. The molecule has 1 saturated carbocycles. The standard InChI is InChI=1S/C20H22N4O2/c25-17-7-5-15(6-8-17)23-20-22-12-14-4-9-18(11-19(14)24-20)26-13-16-3-1-2-10-21-16/h1-4,9-12,15,17,25H,5-8,13H2,(H,22,23,24)/t15-,17-. The molecule has 2 aromatic heterocycles. The molecule has 1 fully saturated rings. The lowest BCUT2D eigenvalue weighted by molar-refractivity contribution is 0.126. The van der Waals surface area contributed by atoms with Gasteiger partial charge >= 0.3 is 0 Å². The quantitative estimate of drug-likeness (QED) is 0.735. The molecule has 1 aliphatic carbocycles. The van der Waals surface area contributed by atoms with E-state index in [1.54, 1.807) is 6.20 Å². The van der Waals surface area contributed by atoms with E-state index in [2.05, 4.69) is 20.3 Å². The molecule has 0 amide bonds. The summed E-state index contributed by atoms with van der Waals surface area (Å²) in [6.45, 7) is 0.424. The highest BCUT2D eigenvalue weighted by Gasteiger charge is 2.19. The number of hydrogen-bond acceptors (Lipinski definition) is 6. The van der Waals surface area contributed by atoms with Gasteiger partial charge in [-0.2, -0.15) is 0 Å². The molecule has 1 aliphatic rings. The number of fused-ring (bicyclic) bond motifs is 1. The van der Waals surface area contributed by atoms with Crippen molar-refractivity contribution < 1.29 is 9.84 Å². The second-order valence-electron chi connectivity index (χ2n) is 6.67. The molecule has 2 heterocycles. The molecule has 0 saturated heterocycles. The molecule has 2 N–H and O–H groups in total. The maximum Gasteiger partial charge on any atom is 0.223 e. The van der Waals surface area contributed by atoms with Crippen molar-refractivity contribution in [3.05, 3.63) is 54.5 Å². The van der Waals surface area contributed by atoms with Gasteiger partial charge < -0.3 is 15.2 Å². The summed E-state index contributed by atoms with van der Waals surface area (Å²) in [7, 11) is 0. The monoisotopic (exact) mass is 350 g/mol. The first-order valence-corrected chi connectivity index (χ1v) is 9.00. The molecule has 0 aliphatic heterocycles. The van der Waals surface area contributed by atoms with E-state index in [9.17, 15) is 5.11 Å². The maximum absolute atomic E-state index is 9.62. The van der Waals surface area contributed by atoms with E-state index in [0.717, 1.165) is 48.0 Å². The summed E-state index contributed by atoms with van der Waals surface area (Å²) >= 11 is 0. The Morgan fingerprint density at radius 3 is 2.77 bits per heavy atom. The van der Waals surface area contributed by atoms with Crippen LogP contribution in [0.15, 0.2) is 48.8 Å². The summed E-state index contributed by atoms with van der Waals surface area (Å²) in [4.78, 5) is 13.3. The van der Waals surface area contributed by atoms with Gasteiger partial charge in [0.1, 0.15) is 12.4 Å². The van der Waals surface area contributed by atoms with Crippen molar-refractivity contribution in [2.45, 2.75) is 44.4 Å². The molecular formula is C20H22N4O2. The van der Waals surface area contributed by atoms with Gasteiger partial charge in [-0.3, -0.25) is 4.98 Å². The summed E-state index contributed by atoms with van der Waals surface area (Å²) in [5.41, 5.74) is 1.73. The van der Waals surface area contributed by atoms with Gasteiger partial charge in [0.15, 0.2) is 0 Å². The number of nitrogens with one attached hydrogen (secondary N) is 1. The molecule has 1 aromatic carbocycles. The van der Waals surface area contributed by atoms with Gasteiger partial charge in [0, 0.05) is 29.9 Å². The highest BCUT2D eigenvalue weighted by Crippen LogP contribution is 2.23. The molecule has 0 atom stereocenters. The molecule has 134 valence electrons. The van der Waals surface area contributed by atoms with Crippen LogP contribution in [-0.4, -0.2) is 32.2 Å². The predicted octanol–water partition coefficient (Wildman–Crippen LogP) is 3.32. The Morgan fingerprint density at radius 2 is 1.96 bits per heavy atom. The summed E-state index contributed by atoms with van der Waals surface area (Å²) < 4.78 is 5.83. The van der Waals surface area contributed by atoms with Crippen LogP contribution in [0.4, 0.5) is 5.95 Å². The highest BCUT2D eigenvalue weighted by atomic mass is 16.5. The number of nitrogens with zero attached hydrogens (tertiary/aromatic N) is 3. The van der Waals surface area contributed by atoms with Crippen molar-refractivity contribution >= 4 is 16.9 Å². The van der Waals surface area contributed by atoms with Crippen molar-refractivity contribution in [3.8, 4) is 5.75 Å². The Labute approximate surface area is 152 Å². The number of aliphatic hydroxyl groups excluding tert-OH is 1. The van der Waals surface area contributed by atoms with Gasteiger partial charge in [-0.1, -0.05) is 6.07 Å². The summed E-state index contributed by atoms with van der Waals surface area (Å²) in [6.07, 6.45) is 6.96. The lowest BCUT2D eigenvalue weighted by atomic mass is 9.93. The zero-order chi connectivity index (χ0) is 17.8. The minimum Gasteiger partial charge on any atom is -0.487 e. The SMILES string of the molecule is O[C@H]1CC[C@H](Nc2ncc3ccc(OCc4ccccn4)cc3n2)CC1. The smallest absolute Gasteiger partial charge is 0.223 e. The average molecular weight is 350 g/mol. The van der Waals surface area contributed by atoms with Gasteiger partial charge in [-0.05, 0) is 49.9 Å². The summed E-state index contributed by atoms with van der Waals surface area (Å²) in [6, 6.07) is 11.9. The Kier molecular flexibility index (Phi) is 4.93. The molecular weight excluding hydrogens is 328 g/mol. The summed E-state index contributed by atoms with van der Waals surface area (Å²) in [5, 5.41) is 14.0. The first-order chi connectivity index (χ1) is 12.8. The summed E-state index contributed by atoms with van der Waals surface area (Å²) in [5.74, 6) is 1.38. The number of pyridine rings is 1. The number of aromatic nitrogens is 3. The molecule has 0 spiro atoms. The lowest BCUT2D eigenvalue weighted by Crippen LogP contribution is -2.28. The molecule has 6 heteroatoms. The first kappa shape index (κ1) is 16.7. The van der Waals surface area contributed by atoms with Crippen LogP contribution >= 0.6 is 0 Å². The van der Waals surface area contributed by atoms with E-state index in [0.29, 0.717) is 18.6 Å². The first-order valence-electron chi connectivity index (χ1n) is 9.00. The number of aliphatic hydroxyl groups is 1. The Morgan fingerprint density at radius 1 is 1.08 bits per heavy atom. The number of rotatable bonds is 5. The average Bonchev–Trinajstić information content (AvgIpc) is 2.69. The maximum atomic E-state index is 9.62. The molecule has 26 heavy (non-hydrogen) atoms. The van der Waals surface area contributed by atoms with Crippen LogP contribution in [0.2, 0.25) is 0 Å².